The van der Waals surface area contributed by atoms with E-state index in [1.165, 1.54) is 10.6 Å². The standard InChI is InChI=1S/C20H23F2N3O/c1-23(2)19(26)14-11-16(21)15(17(22)12-14)13-25-10-9-24-8-3-5-18(24)20(25)6-4-7-20/h3,5,8,11-12H,4,6-7,9-10,13H2,1-2H3. The molecule has 26 heavy (non-hydrogen) atoms. The summed E-state index contributed by atoms with van der Waals surface area (Å²) in [5, 5.41) is 0. The van der Waals surface area contributed by atoms with E-state index in [2.05, 4.69) is 21.7 Å². The van der Waals surface area contributed by atoms with Gasteiger partial charge in [-0.15, -0.1) is 0 Å². The molecule has 0 atom stereocenters. The van der Waals surface area contributed by atoms with Gasteiger partial charge >= 0.3 is 0 Å². The monoisotopic (exact) mass is 359 g/mol. The van der Waals surface area contributed by atoms with Gasteiger partial charge in [-0.25, -0.2) is 8.78 Å². The van der Waals surface area contributed by atoms with E-state index < -0.39 is 17.5 Å². The van der Waals surface area contributed by atoms with Crippen LogP contribution in [0.15, 0.2) is 30.5 Å². The van der Waals surface area contributed by atoms with Gasteiger partial charge in [-0.2, -0.15) is 0 Å². The minimum Gasteiger partial charge on any atom is -0.348 e. The molecular formula is C20H23F2N3O. The van der Waals surface area contributed by atoms with Crippen LogP contribution in [0.1, 0.15) is 40.9 Å². The van der Waals surface area contributed by atoms with Crippen molar-refractivity contribution in [3.05, 3.63) is 58.9 Å². The highest BCUT2D eigenvalue weighted by molar-refractivity contribution is 5.93. The van der Waals surface area contributed by atoms with Gasteiger partial charge in [0.05, 0.1) is 5.54 Å². The number of halogens is 2. The Balaban J connectivity index is 1.65. The molecule has 0 saturated heterocycles. The summed E-state index contributed by atoms with van der Waals surface area (Å²) in [4.78, 5) is 15.5. The molecule has 0 N–H and O–H groups in total. The van der Waals surface area contributed by atoms with Crippen molar-refractivity contribution in [3.8, 4) is 0 Å². The first-order valence-electron chi connectivity index (χ1n) is 9.02. The first kappa shape index (κ1) is 17.2. The second kappa shape index (κ2) is 6.20. The summed E-state index contributed by atoms with van der Waals surface area (Å²) in [6, 6.07) is 6.47. The van der Waals surface area contributed by atoms with Crippen molar-refractivity contribution in [1.29, 1.82) is 0 Å². The Bertz CT molecular complexity index is 831. The fraction of sp³-hybridized carbons (Fsp3) is 0.450. The molecule has 1 amide bonds. The molecule has 6 heteroatoms. The van der Waals surface area contributed by atoms with Crippen molar-refractivity contribution in [2.24, 2.45) is 0 Å². The lowest BCUT2D eigenvalue weighted by Gasteiger charge is -2.53. The van der Waals surface area contributed by atoms with E-state index in [-0.39, 0.29) is 23.2 Å². The maximum absolute atomic E-state index is 14.7. The third kappa shape index (κ3) is 2.55. The number of hydrogen-bond donors (Lipinski definition) is 0. The predicted octanol–water partition coefficient (Wildman–Crippen LogP) is 3.36. The molecule has 1 aliphatic carbocycles. The zero-order valence-electron chi connectivity index (χ0n) is 15.1. The highest BCUT2D eigenvalue weighted by Gasteiger charge is 2.47. The lowest BCUT2D eigenvalue weighted by molar-refractivity contribution is -0.0226. The average Bonchev–Trinajstić information content (AvgIpc) is 3.04. The smallest absolute Gasteiger partial charge is 0.253 e. The Kier molecular flexibility index (Phi) is 4.10. The molecule has 2 aliphatic rings. The van der Waals surface area contributed by atoms with E-state index in [4.69, 9.17) is 0 Å². The van der Waals surface area contributed by atoms with Crippen molar-refractivity contribution in [1.82, 2.24) is 14.4 Å². The van der Waals surface area contributed by atoms with E-state index in [1.807, 2.05) is 6.07 Å². The Morgan fingerprint density at radius 1 is 1.19 bits per heavy atom. The molecule has 0 unspecified atom stereocenters. The summed E-state index contributed by atoms with van der Waals surface area (Å²) < 4.78 is 31.6. The average molecular weight is 359 g/mol. The summed E-state index contributed by atoms with van der Waals surface area (Å²) in [5.41, 5.74) is 1.22. The molecule has 4 nitrogen and oxygen atoms in total. The number of rotatable bonds is 3. The number of carbonyl (C=O) groups is 1. The van der Waals surface area contributed by atoms with Gasteiger partial charge in [0.25, 0.3) is 5.91 Å². The zero-order valence-corrected chi connectivity index (χ0v) is 15.1. The van der Waals surface area contributed by atoms with E-state index in [9.17, 15) is 13.6 Å². The summed E-state index contributed by atoms with van der Waals surface area (Å²) >= 11 is 0. The fourth-order valence-electron chi connectivity index (χ4n) is 4.28. The lowest BCUT2D eigenvalue weighted by atomic mass is 9.71. The van der Waals surface area contributed by atoms with Crippen molar-refractivity contribution < 1.29 is 13.6 Å². The topological polar surface area (TPSA) is 28.5 Å². The Labute approximate surface area is 152 Å². The minimum absolute atomic E-state index is 0.0413. The largest absolute Gasteiger partial charge is 0.348 e. The van der Waals surface area contributed by atoms with Gasteiger partial charge in [0, 0.05) is 56.7 Å². The van der Waals surface area contributed by atoms with Crippen LogP contribution in [0, 0.1) is 11.6 Å². The lowest BCUT2D eigenvalue weighted by Crippen LogP contribution is -2.55. The van der Waals surface area contributed by atoms with Gasteiger partial charge < -0.3 is 9.47 Å². The number of amides is 1. The van der Waals surface area contributed by atoms with Crippen LogP contribution in [0.5, 0.6) is 0 Å². The maximum atomic E-state index is 14.7. The van der Waals surface area contributed by atoms with Crippen molar-refractivity contribution in [2.45, 2.75) is 37.9 Å². The van der Waals surface area contributed by atoms with Crippen LogP contribution in [-0.2, 0) is 18.6 Å². The molecule has 1 fully saturated rings. The van der Waals surface area contributed by atoms with E-state index in [1.54, 1.807) is 14.1 Å². The first-order chi connectivity index (χ1) is 12.4. The molecule has 0 radical (unpaired) electrons. The van der Waals surface area contributed by atoms with Crippen LogP contribution in [-0.4, -0.2) is 40.9 Å². The van der Waals surface area contributed by atoms with E-state index >= 15 is 0 Å². The summed E-state index contributed by atoms with van der Waals surface area (Å²) in [5.74, 6) is -1.70. The Morgan fingerprint density at radius 3 is 2.46 bits per heavy atom. The quantitative estimate of drug-likeness (QED) is 0.841. The highest BCUT2D eigenvalue weighted by atomic mass is 19.1. The van der Waals surface area contributed by atoms with Crippen molar-refractivity contribution in [3.63, 3.8) is 0 Å². The molecular weight excluding hydrogens is 336 g/mol. The fourth-order valence-corrected chi connectivity index (χ4v) is 4.28. The first-order valence-corrected chi connectivity index (χ1v) is 9.02. The number of fused-ring (bicyclic) bond motifs is 2. The summed E-state index contributed by atoms with van der Waals surface area (Å²) in [6.07, 6.45) is 5.23. The highest BCUT2D eigenvalue weighted by Crippen LogP contribution is 2.49. The third-order valence-corrected chi connectivity index (χ3v) is 5.85. The Hall–Kier alpha value is -2.21. The van der Waals surface area contributed by atoms with Crippen LogP contribution in [0.2, 0.25) is 0 Å². The normalized spacial score (nSPS) is 18.5. The molecule has 1 aromatic heterocycles. The molecule has 1 aromatic carbocycles. The zero-order chi connectivity index (χ0) is 18.5. The minimum atomic E-state index is -0.648. The number of carbonyl (C=O) groups excluding carboxylic acids is 1. The van der Waals surface area contributed by atoms with Gasteiger partial charge in [-0.05, 0) is 43.5 Å². The van der Waals surface area contributed by atoms with E-state index in [0.29, 0.717) is 0 Å². The molecule has 2 aromatic rings. The molecule has 1 aliphatic heterocycles. The number of benzene rings is 1. The van der Waals surface area contributed by atoms with Gasteiger partial charge in [0.15, 0.2) is 0 Å². The van der Waals surface area contributed by atoms with Gasteiger partial charge in [-0.3, -0.25) is 9.69 Å². The number of aromatic nitrogens is 1. The third-order valence-electron chi connectivity index (χ3n) is 5.85. The SMILES string of the molecule is CN(C)C(=O)c1cc(F)c(CN2CCn3cccc3C23CCC3)c(F)c1. The molecule has 1 saturated carbocycles. The summed E-state index contributed by atoms with van der Waals surface area (Å²) in [7, 11) is 3.13. The van der Waals surface area contributed by atoms with Crippen LogP contribution < -0.4 is 0 Å². The van der Waals surface area contributed by atoms with Crippen LogP contribution in [0.25, 0.3) is 0 Å². The summed E-state index contributed by atoms with van der Waals surface area (Å²) in [6.45, 7) is 1.81. The van der Waals surface area contributed by atoms with Crippen LogP contribution in [0.3, 0.4) is 0 Å². The van der Waals surface area contributed by atoms with Gasteiger partial charge in [0.1, 0.15) is 11.6 Å². The van der Waals surface area contributed by atoms with Crippen molar-refractivity contribution >= 4 is 5.91 Å². The molecule has 1 spiro atoms. The number of hydrogen-bond acceptors (Lipinski definition) is 2. The predicted molar refractivity (Wildman–Crippen MR) is 94.7 cm³/mol. The van der Waals surface area contributed by atoms with Gasteiger partial charge in [0.2, 0.25) is 0 Å². The van der Waals surface area contributed by atoms with Crippen LogP contribution >= 0.6 is 0 Å². The van der Waals surface area contributed by atoms with Crippen LogP contribution in [0.4, 0.5) is 8.78 Å². The maximum Gasteiger partial charge on any atom is 0.253 e. The second-order valence-electron chi connectivity index (χ2n) is 7.51. The van der Waals surface area contributed by atoms with Gasteiger partial charge in [-0.1, -0.05) is 0 Å². The molecule has 2 heterocycles. The molecule has 138 valence electrons. The van der Waals surface area contributed by atoms with Crippen molar-refractivity contribution in [2.75, 3.05) is 20.6 Å². The Morgan fingerprint density at radius 2 is 1.88 bits per heavy atom. The second-order valence-corrected chi connectivity index (χ2v) is 7.51. The number of nitrogens with zero attached hydrogens (tertiary/aromatic N) is 3. The van der Waals surface area contributed by atoms with E-state index in [0.717, 1.165) is 44.5 Å². The molecule has 4 rings (SSSR count). The molecule has 0 bridgehead atoms.